The number of anilines is 1. The molecule has 1 N–H and O–H groups in total. The summed E-state index contributed by atoms with van der Waals surface area (Å²) >= 11 is 9.25. The Kier molecular flexibility index (Phi) is 3.49. The number of carbonyl (C=O) groups excluding carboxylic acids is 1. The Morgan fingerprint density at radius 2 is 2.29 bits per heavy atom. The van der Waals surface area contributed by atoms with Crippen molar-refractivity contribution in [3.8, 4) is 0 Å². The van der Waals surface area contributed by atoms with Gasteiger partial charge < -0.3 is 4.42 Å². The summed E-state index contributed by atoms with van der Waals surface area (Å²) in [5.41, 5.74) is 1.05. The van der Waals surface area contributed by atoms with Crippen molar-refractivity contribution in [2.24, 2.45) is 0 Å². The van der Waals surface area contributed by atoms with Gasteiger partial charge in [0.2, 0.25) is 0 Å². The van der Waals surface area contributed by atoms with Crippen LogP contribution in [0.15, 0.2) is 33.4 Å². The first kappa shape index (κ1) is 12.1. The van der Waals surface area contributed by atoms with Gasteiger partial charge in [0.1, 0.15) is 6.26 Å². The average molecular weight is 316 g/mol. The molecule has 1 aromatic heterocycles. The molecule has 0 saturated heterocycles. The molecule has 0 radical (unpaired) electrons. The van der Waals surface area contributed by atoms with E-state index in [9.17, 15) is 4.79 Å². The summed E-state index contributed by atoms with van der Waals surface area (Å²) < 4.78 is 5.69. The molecule has 2 rings (SSSR count). The van der Waals surface area contributed by atoms with Crippen molar-refractivity contribution in [2.75, 3.05) is 5.32 Å². The second kappa shape index (κ2) is 4.89. The van der Waals surface area contributed by atoms with Crippen LogP contribution in [0.2, 0.25) is 5.02 Å². The second-order valence-corrected chi connectivity index (χ2v) is 4.58. The van der Waals surface area contributed by atoms with Crippen molar-refractivity contribution in [1.82, 2.24) is 4.98 Å². The van der Waals surface area contributed by atoms with E-state index in [1.165, 1.54) is 6.26 Å². The largest absolute Gasteiger partial charge is 0.432 e. The van der Waals surface area contributed by atoms with E-state index < -0.39 is 0 Å². The predicted octanol–water partition coefficient (Wildman–Crippen LogP) is 3.65. The minimum absolute atomic E-state index is 0.156. The van der Waals surface area contributed by atoms with Crippen LogP contribution < -0.4 is 5.32 Å². The Bertz CT molecular complexity index is 568. The van der Waals surface area contributed by atoms with E-state index in [0.717, 1.165) is 0 Å². The summed E-state index contributed by atoms with van der Waals surface area (Å²) in [7, 11) is 0. The Morgan fingerprint density at radius 3 is 2.94 bits per heavy atom. The van der Waals surface area contributed by atoms with Crippen molar-refractivity contribution < 1.29 is 9.21 Å². The molecular formula is C11H8BrClN2O2. The molecule has 88 valence electrons. The van der Waals surface area contributed by atoms with Crippen molar-refractivity contribution in [3.05, 3.63) is 45.2 Å². The molecule has 4 nitrogen and oxygen atoms in total. The molecule has 0 aliphatic heterocycles. The third kappa shape index (κ3) is 2.68. The van der Waals surface area contributed by atoms with Crippen LogP contribution >= 0.6 is 27.5 Å². The smallest absolute Gasteiger partial charge is 0.301 e. The first-order chi connectivity index (χ1) is 8.08. The molecule has 0 bridgehead atoms. The highest BCUT2D eigenvalue weighted by Gasteiger charge is 2.14. The maximum Gasteiger partial charge on any atom is 0.301 e. The van der Waals surface area contributed by atoms with E-state index in [0.29, 0.717) is 20.8 Å². The number of rotatable bonds is 2. The molecule has 0 saturated carbocycles. The van der Waals surface area contributed by atoms with Crippen LogP contribution in [0.1, 0.15) is 16.1 Å². The van der Waals surface area contributed by atoms with Crippen molar-refractivity contribution in [1.29, 1.82) is 0 Å². The molecule has 17 heavy (non-hydrogen) atoms. The summed E-state index contributed by atoms with van der Waals surface area (Å²) in [5, 5.41) is 2.88. The zero-order valence-electron chi connectivity index (χ0n) is 8.83. The van der Waals surface area contributed by atoms with Crippen molar-refractivity contribution in [2.45, 2.75) is 6.92 Å². The van der Waals surface area contributed by atoms with Crippen LogP contribution in [0, 0.1) is 6.92 Å². The molecule has 0 aliphatic carbocycles. The normalized spacial score (nSPS) is 10.3. The standard InChI is InChI=1S/C11H8BrClN2O2/c1-6-5-17-11(14-6)15-10(16)7-3-2-4-8(12)9(7)13/h2-5H,1H3,(H,14,15,16). The molecule has 0 aliphatic rings. The molecule has 6 heteroatoms. The van der Waals surface area contributed by atoms with Gasteiger partial charge in [0, 0.05) is 4.47 Å². The third-order valence-corrected chi connectivity index (χ3v) is 3.33. The number of halogens is 2. The molecule has 1 aromatic carbocycles. The zero-order chi connectivity index (χ0) is 12.4. The summed E-state index contributed by atoms with van der Waals surface area (Å²) in [5.74, 6) is -0.363. The fourth-order valence-electron chi connectivity index (χ4n) is 1.26. The van der Waals surface area contributed by atoms with Crippen LogP contribution in [0.4, 0.5) is 6.01 Å². The molecule has 0 spiro atoms. The van der Waals surface area contributed by atoms with Crippen LogP contribution in [0.25, 0.3) is 0 Å². The van der Waals surface area contributed by atoms with Gasteiger partial charge in [-0.2, -0.15) is 4.98 Å². The Hall–Kier alpha value is -1.33. The number of hydrogen-bond acceptors (Lipinski definition) is 3. The molecular weight excluding hydrogens is 307 g/mol. The van der Waals surface area contributed by atoms with E-state index >= 15 is 0 Å². The molecule has 0 fully saturated rings. The van der Waals surface area contributed by atoms with Gasteiger partial charge in [0.25, 0.3) is 5.91 Å². The fraction of sp³-hybridized carbons (Fsp3) is 0.0909. The van der Waals surface area contributed by atoms with E-state index in [1.54, 1.807) is 25.1 Å². The number of aryl methyl sites for hydroxylation is 1. The highest BCUT2D eigenvalue weighted by atomic mass is 79.9. The summed E-state index contributed by atoms with van der Waals surface area (Å²) in [6, 6.07) is 5.27. The Morgan fingerprint density at radius 1 is 1.53 bits per heavy atom. The maximum absolute atomic E-state index is 11.9. The van der Waals surface area contributed by atoms with Crippen LogP contribution in [0.5, 0.6) is 0 Å². The number of benzene rings is 1. The SMILES string of the molecule is Cc1coc(NC(=O)c2cccc(Br)c2Cl)n1. The first-order valence-electron chi connectivity index (χ1n) is 4.75. The number of nitrogens with one attached hydrogen (secondary N) is 1. The number of nitrogens with zero attached hydrogens (tertiary/aromatic N) is 1. The monoisotopic (exact) mass is 314 g/mol. The number of amides is 1. The number of hydrogen-bond donors (Lipinski definition) is 1. The van der Waals surface area contributed by atoms with Gasteiger partial charge in [-0.15, -0.1) is 0 Å². The van der Waals surface area contributed by atoms with E-state index in [2.05, 4.69) is 26.2 Å². The highest BCUT2D eigenvalue weighted by molar-refractivity contribution is 9.10. The van der Waals surface area contributed by atoms with Crippen molar-refractivity contribution >= 4 is 39.5 Å². The Labute approximate surface area is 111 Å². The van der Waals surface area contributed by atoms with Crippen LogP contribution in [-0.2, 0) is 0 Å². The summed E-state index contributed by atoms with van der Waals surface area (Å²) in [6.07, 6.45) is 1.46. The minimum Gasteiger partial charge on any atom is -0.432 e. The van der Waals surface area contributed by atoms with Gasteiger partial charge in [-0.1, -0.05) is 17.7 Å². The lowest BCUT2D eigenvalue weighted by molar-refractivity contribution is 0.102. The quantitative estimate of drug-likeness (QED) is 0.920. The number of oxazole rings is 1. The van der Waals surface area contributed by atoms with Crippen LogP contribution in [-0.4, -0.2) is 10.9 Å². The van der Waals surface area contributed by atoms with E-state index in [4.69, 9.17) is 16.0 Å². The number of carbonyl (C=O) groups is 1. The lowest BCUT2D eigenvalue weighted by Crippen LogP contribution is -2.12. The topological polar surface area (TPSA) is 55.1 Å². The molecule has 0 atom stereocenters. The van der Waals surface area contributed by atoms with E-state index in [-0.39, 0.29) is 11.9 Å². The summed E-state index contributed by atoms with van der Waals surface area (Å²) in [4.78, 5) is 15.9. The molecule has 1 heterocycles. The van der Waals surface area contributed by atoms with Gasteiger partial charge in [0.05, 0.1) is 16.3 Å². The van der Waals surface area contributed by atoms with Gasteiger partial charge in [-0.3, -0.25) is 10.1 Å². The fourth-order valence-corrected chi connectivity index (χ4v) is 1.83. The van der Waals surface area contributed by atoms with Crippen LogP contribution in [0.3, 0.4) is 0 Å². The maximum atomic E-state index is 11.9. The van der Waals surface area contributed by atoms with E-state index in [1.807, 2.05) is 0 Å². The molecule has 2 aromatic rings. The molecule has 0 unspecified atom stereocenters. The lowest BCUT2D eigenvalue weighted by Gasteiger charge is -2.04. The van der Waals surface area contributed by atoms with Gasteiger partial charge in [-0.25, -0.2) is 0 Å². The van der Waals surface area contributed by atoms with Crippen molar-refractivity contribution in [3.63, 3.8) is 0 Å². The first-order valence-corrected chi connectivity index (χ1v) is 5.92. The summed E-state index contributed by atoms with van der Waals surface area (Å²) in [6.45, 7) is 1.77. The van der Waals surface area contributed by atoms with Gasteiger partial charge in [0.15, 0.2) is 0 Å². The Balaban J connectivity index is 2.23. The predicted molar refractivity (Wildman–Crippen MR) is 68.3 cm³/mol. The third-order valence-electron chi connectivity index (χ3n) is 2.04. The second-order valence-electron chi connectivity index (χ2n) is 3.35. The highest BCUT2D eigenvalue weighted by Crippen LogP contribution is 2.26. The van der Waals surface area contributed by atoms with Gasteiger partial charge in [-0.05, 0) is 35.0 Å². The minimum atomic E-state index is -0.363. The lowest BCUT2D eigenvalue weighted by atomic mass is 10.2. The molecule has 1 amide bonds. The number of aromatic nitrogens is 1. The zero-order valence-corrected chi connectivity index (χ0v) is 11.2. The average Bonchev–Trinajstić information content (AvgIpc) is 2.68. The van der Waals surface area contributed by atoms with Gasteiger partial charge >= 0.3 is 6.01 Å².